The summed E-state index contributed by atoms with van der Waals surface area (Å²) in [7, 11) is 0. The van der Waals surface area contributed by atoms with Gasteiger partial charge in [0.05, 0.1) is 6.20 Å². The largest absolute Gasteiger partial charge is 0.478 e. The number of halogens is 2. The van der Waals surface area contributed by atoms with Crippen LogP contribution in [0.15, 0.2) is 36.7 Å². The minimum absolute atomic E-state index is 0.0880. The highest BCUT2D eigenvalue weighted by atomic mass is 19.1. The Labute approximate surface area is 100 Å². The van der Waals surface area contributed by atoms with Crippen LogP contribution in [0.1, 0.15) is 10.4 Å². The number of hydrogen-bond acceptors (Lipinski definition) is 3. The van der Waals surface area contributed by atoms with Gasteiger partial charge in [0.25, 0.3) is 0 Å². The zero-order valence-electron chi connectivity index (χ0n) is 8.93. The lowest BCUT2D eigenvalue weighted by molar-refractivity contribution is 0.0694. The fraction of sp³-hybridized carbons (Fsp3) is 0. The van der Waals surface area contributed by atoms with Crippen molar-refractivity contribution < 1.29 is 23.4 Å². The van der Waals surface area contributed by atoms with Crippen molar-refractivity contribution in [3.05, 3.63) is 53.9 Å². The summed E-state index contributed by atoms with van der Waals surface area (Å²) in [5.74, 6) is -3.07. The van der Waals surface area contributed by atoms with Gasteiger partial charge in [-0.05, 0) is 6.07 Å². The Bertz CT molecular complexity index is 581. The van der Waals surface area contributed by atoms with Gasteiger partial charge in [-0.25, -0.2) is 13.6 Å². The molecule has 2 aromatic rings. The summed E-state index contributed by atoms with van der Waals surface area (Å²) < 4.78 is 31.0. The Morgan fingerprint density at radius 3 is 2.50 bits per heavy atom. The van der Waals surface area contributed by atoms with Gasteiger partial charge in [0.2, 0.25) is 0 Å². The van der Waals surface area contributed by atoms with Gasteiger partial charge in [-0.15, -0.1) is 0 Å². The monoisotopic (exact) mass is 251 g/mol. The first kappa shape index (κ1) is 12.0. The molecule has 1 heterocycles. The van der Waals surface area contributed by atoms with E-state index in [0.717, 1.165) is 18.3 Å². The molecule has 18 heavy (non-hydrogen) atoms. The van der Waals surface area contributed by atoms with E-state index in [9.17, 15) is 13.6 Å². The second-order valence-corrected chi connectivity index (χ2v) is 3.38. The molecule has 92 valence electrons. The predicted octanol–water partition coefficient (Wildman–Crippen LogP) is 2.85. The van der Waals surface area contributed by atoms with Crippen molar-refractivity contribution in [1.82, 2.24) is 4.98 Å². The molecule has 1 aromatic heterocycles. The normalized spacial score (nSPS) is 10.1. The number of carbonyl (C=O) groups is 1. The topological polar surface area (TPSA) is 59.4 Å². The molecular formula is C12H7F2NO3. The molecule has 0 spiro atoms. The number of carboxylic acids is 1. The number of ether oxygens (including phenoxy) is 1. The molecule has 0 saturated carbocycles. The zero-order chi connectivity index (χ0) is 13.1. The molecule has 0 saturated heterocycles. The molecule has 0 fully saturated rings. The third kappa shape index (κ3) is 2.60. The van der Waals surface area contributed by atoms with Crippen molar-refractivity contribution in [3.8, 4) is 11.5 Å². The van der Waals surface area contributed by atoms with Crippen molar-refractivity contribution in [3.63, 3.8) is 0 Å². The molecule has 2 rings (SSSR count). The van der Waals surface area contributed by atoms with Crippen LogP contribution in [-0.4, -0.2) is 16.1 Å². The molecule has 0 unspecified atom stereocenters. The Hall–Kier alpha value is -2.50. The summed E-state index contributed by atoms with van der Waals surface area (Å²) in [6, 6.07) is 3.81. The molecule has 0 radical (unpaired) electrons. The van der Waals surface area contributed by atoms with Gasteiger partial charge in [0.15, 0.2) is 5.75 Å². The van der Waals surface area contributed by atoms with Crippen LogP contribution < -0.4 is 4.74 Å². The average molecular weight is 251 g/mol. The fourth-order valence-corrected chi connectivity index (χ4v) is 1.35. The summed E-state index contributed by atoms with van der Waals surface area (Å²) in [6.45, 7) is 0. The molecule has 1 aromatic carbocycles. The third-order valence-corrected chi connectivity index (χ3v) is 2.08. The van der Waals surface area contributed by atoms with E-state index in [2.05, 4.69) is 4.98 Å². The number of pyridine rings is 1. The summed E-state index contributed by atoms with van der Waals surface area (Å²) in [6.07, 6.45) is 2.44. The fourth-order valence-electron chi connectivity index (χ4n) is 1.35. The number of hydrogen-bond donors (Lipinski definition) is 1. The van der Waals surface area contributed by atoms with Crippen LogP contribution in [0.5, 0.6) is 11.5 Å². The maximum absolute atomic E-state index is 12.9. The summed E-state index contributed by atoms with van der Waals surface area (Å²) in [5, 5.41) is 8.90. The van der Waals surface area contributed by atoms with Gasteiger partial charge in [-0.2, -0.15) is 0 Å². The number of carboxylic acid groups (broad SMARTS) is 1. The third-order valence-electron chi connectivity index (χ3n) is 2.08. The molecule has 6 heteroatoms. The molecule has 0 aliphatic heterocycles. The number of benzene rings is 1. The van der Waals surface area contributed by atoms with E-state index < -0.39 is 17.6 Å². The first-order valence-electron chi connectivity index (χ1n) is 4.87. The Morgan fingerprint density at radius 2 is 1.89 bits per heavy atom. The van der Waals surface area contributed by atoms with Crippen LogP contribution in [0, 0.1) is 11.6 Å². The summed E-state index contributed by atoms with van der Waals surface area (Å²) in [4.78, 5) is 14.6. The van der Waals surface area contributed by atoms with Crippen LogP contribution in [0.2, 0.25) is 0 Å². The van der Waals surface area contributed by atoms with E-state index in [1.807, 2.05) is 0 Å². The number of nitrogens with zero attached hydrogens (tertiary/aromatic N) is 1. The van der Waals surface area contributed by atoms with Crippen molar-refractivity contribution in [2.75, 3.05) is 0 Å². The predicted molar refractivity (Wildman–Crippen MR) is 57.6 cm³/mol. The van der Waals surface area contributed by atoms with Crippen molar-refractivity contribution in [1.29, 1.82) is 0 Å². The minimum atomic E-state index is -1.22. The van der Waals surface area contributed by atoms with Crippen molar-refractivity contribution in [2.24, 2.45) is 0 Å². The molecule has 0 amide bonds. The molecule has 0 bridgehead atoms. The molecular weight excluding hydrogens is 244 g/mol. The molecule has 0 aliphatic carbocycles. The quantitative estimate of drug-likeness (QED) is 0.911. The van der Waals surface area contributed by atoms with Crippen molar-refractivity contribution in [2.45, 2.75) is 0 Å². The lowest BCUT2D eigenvalue weighted by Gasteiger charge is -2.07. The van der Waals surface area contributed by atoms with E-state index in [-0.39, 0.29) is 17.1 Å². The van der Waals surface area contributed by atoms with Gasteiger partial charge in [-0.3, -0.25) is 4.98 Å². The van der Waals surface area contributed by atoms with Crippen LogP contribution in [0.4, 0.5) is 8.78 Å². The van der Waals surface area contributed by atoms with Gasteiger partial charge in [-0.1, -0.05) is 0 Å². The van der Waals surface area contributed by atoms with Gasteiger partial charge in [0.1, 0.15) is 22.9 Å². The van der Waals surface area contributed by atoms with E-state index in [1.165, 1.54) is 12.3 Å². The van der Waals surface area contributed by atoms with E-state index in [0.29, 0.717) is 6.07 Å². The number of rotatable bonds is 3. The molecule has 0 atom stereocenters. The van der Waals surface area contributed by atoms with Gasteiger partial charge in [0, 0.05) is 24.4 Å². The molecule has 0 aliphatic rings. The minimum Gasteiger partial charge on any atom is -0.478 e. The van der Waals surface area contributed by atoms with E-state index >= 15 is 0 Å². The first-order valence-corrected chi connectivity index (χ1v) is 4.87. The Balaban J connectivity index is 2.37. The highest BCUT2D eigenvalue weighted by Gasteiger charge is 2.12. The SMILES string of the molecule is O=C(O)c1ccncc1Oc1cc(F)cc(F)c1. The summed E-state index contributed by atoms with van der Waals surface area (Å²) in [5.41, 5.74) is -0.144. The molecule has 4 nitrogen and oxygen atoms in total. The highest BCUT2D eigenvalue weighted by molar-refractivity contribution is 5.90. The number of aromatic carboxylic acids is 1. The highest BCUT2D eigenvalue weighted by Crippen LogP contribution is 2.25. The van der Waals surface area contributed by atoms with E-state index in [4.69, 9.17) is 9.84 Å². The van der Waals surface area contributed by atoms with Crippen LogP contribution in [0.25, 0.3) is 0 Å². The average Bonchev–Trinajstić information content (AvgIpc) is 2.27. The lowest BCUT2D eigenvalue weighted by Crippen LogP contribution is -2.00. The van der Waals surface area contributed by atoms with Crippen LogP contribution >= 0.6 is 0 Å². The van der Waals surface area contributed by atoms with Crippen molar-refractivity contribution >= 4 is 5.97 Å². The molecule has 1 N–H and O–H groups in total. The van der Waals surface area contributed by atoms with Gasteiger partial charge < -0.3 is 9.84 Å². The smallest absolute Gasteiger partial charge is 0.339 e. The van der Waals surface area contributed by atoms with Crippen LogP contribution in [-0.2, 0) is 0 Å². The standard InChI is InChI=1S/C12H7F2NO3/c13-7-3-8(14)5-9(4-7)18-11-6-15-2-1-10(11)12(16)17/h1-6H,(H,16,17). The Kier molecular flexibility index (Phi) is 3.18. The second-order valence-electron chi connectivity index (χ2n) is 3.38. The Morgan fingerprint density at radius 1 is 1.22 bits per heavy atom. The van der Waals surface area contributed by atoms with Gasteiger partial charge >= 0.3 is 5.97 Å². The zero-order valence-corrected chi connectivity index (χ0v) is 8.93. The maximum Gasteiger partial charge on any atom is 0.339 e. The lowest BCUT2D eigenvalue weighted by atomic mass is 10.2. The summed E-state index contributed by atoms with van der Waals surface area (Å²) >= 11 is 0. The maximum atomic E-state index is 12.9. The first-order chi connectivity index (χ1) is 8.56. The second kappa shape index (κ2) is 4.79. The van der Waals surface area contributed by atoms with E-state index in [1.54, 1.807) is 0 Å². The number of aromatic nitrogens is 1. The van der Waals surface area contributed by atoms with Crippen LogP contribution in [0.3, 0.4) is 0 Å².